The number of phenols is 2. The van der Waals surface area contributed by atoms with Crippen LogP contribution in [0.15, 0.2) is 24.3 Å². The Hall–Kier alpha value is -1.26. The molecule has 220 valence electrons. The molecule has 5 rings (SSSR count). The Morgan fingerprint density at radius 3 is 1.27 bits per heavy atom. The van der Waals surface area contributed by atoms with Gasteiger partial charge in [0.1, 0.15) is 11.5 Å². The van der Waals surface area contributed by atoms with Crippen molar-refractivity contribution in [2.45, 2.75) is 150 Å². The molecular formula is C36H52O2S2. The van der Waals surface area contributed by atoms with Crippen molar-refractivity contribution >= 4 is 23.5 Å². The van der Waals surface area contributed by atoms with Crippen LogP contribution in [-0.2, 0) is 11.5 Å². The van der Waals surface area contributed by atoms with Crippen molar-refractivity contribution in [1.82, 2.24) is 0 Å². The largest absolute Gasteiger partial charge is 0.507 e. The van der Waals surface area contributed by atoms with Gasteiger partial charge in [-0.1, -0.05) is 99.6 Å². The number of aryl methyl sites for hydroxylation is 2. The fourth-order valence-electron chi connectivity index (χ4n) is 7.63. The lowest BCUT2D eigenvalue weighted by Crippen LogP contribution is -2.22. The van der Waals surface area contributed by atoms with Crippen molar-refractivity contribution in [2.75, 3.05) is 0 Å². The lowest BCUT2D eigenvalue weighted by Gasteiger charge is -2.30. The fraction of sp³-hybridized carbons (Fsp3) is 0.667. The third kappa shape index (κ3) is 7.77. The smallest absolute Gasteiger partial charge is 0.123 e. The van der Waals surface area contributed by atoms with Gasteiger partial charge >= 0.3 is 0 Å². The number of thioether (sulfide) groups is 2. The first kappa shape index (κ1) is 30.2. The van der Waals surface area contributed by atoms with E-state index in [-0.39, 0.29) is 0 Å². The van der Waals surface area contributed by atoms with Gasteiger partial charge in [-0.05, 0) is 75.3 Å². The molecule has 2 atom stereocenters. The van der Waals surface area contributed by atoms with Crippen molar-refractivity contribution in [2.24, 2.45) is 0 Å². The maximum absolute atomic E-state index is 11.4. The van der Waals surface area contributed by atoms with E-state index in [4.69, 9.17) is 0 Å². The standard InChI is InChI=1S/C36H52O2S2/c1-25-19-29(35(37)31(21-25)27-13-7-5-8-14-27)23-39-33-17-11-3-4-12-18-34(33)40-24-30-20-26(2)22-32(36(30)38)28-15-9-6-10-16-28/h19-22,27-28,33-34,37-38H,3-18,23-24H2,1-2H3/t33-,34-/m0/s1. The third-order valence-corrected chi connectivity index (χ3v) is 13.0. The molecule has 3 fully saturated rings. The highest BCUT2D eigenvalue weighted by Gasteiger charge is 2.27. The minimum absolute atomic E-state index is 0.530. The summed E-state index contributed by atoms with van der Waals surface area (Å²) in [6.07, 6.45) is 20.6. The molecule has 3 aliphatic rings. The van der Waals surface area contributed by atoms with Crippen molar-refractivity contribution in [3.63, 3.8) is 0 Å². The quantitative estimate of drug-likeness (QED) is 0.326. The zero-order valence-corrected chi connectivity index (χ0v) is 26.7. The summed E-state index contributed by atoms with van der Waals surface area (Å²) in [5, 5.41) is 23.9. The molecular weight excluding hydrogens is 529 g/mol. The Bertz CT molecular complexity index is 1010. The molecule has 0 radical (unpaired) electrons. The van der Waals surface area contributed by atoms with E-state index >= 15 is 0 Å². The van der Waals surface area contributed by atoms with Crippen LogP contribution < -0.4 is 0 Å². The molecule has 0 amide bonds. The van der Waals surface area contributed by atoms with Crippen LogP contribution in [0.25, 0.3) is 0 Å². The van der Waals surface area contributed by atoms with Crippen molar-refractivity contribution in [3.05, 3.63) is 57.6 Å². The van der Waals surface area contributed by atoms with Gasteiger partial charge in [0.2, 0.25) is 0 Å². The summed E-state index contributed by atoms with van der Waals surface area (Å²) in [5.74, 6) is 4.03. The molecule has 0 aromatic heterocycles. The monoisotopic (exact) mass is 580 g/mol. The topological polar surface area (TPSA) is 40.5 Å². The van der Waals surface area contributed by atoms with E-state index in [1.807, 2.05) is 0 Å². The summed E-state index contributed by atoms with van der Waals surface area (Å²) in [5.41, 5.74) is 7.29. The van der Waals surface area contributed by atoms with Gasteiger partial charge in [0.25, 0.3) is 0 Å². The molecule has 2 aromatic carbocycles. The second-order valence-electron chi connectivity index (χ2n) is 13.1. The molecule has 0 heterocycles. The van der Waals surface area contributed by atoms with E-state index in [1.165, 1.54) is 125 Å². The fourth-order valence-corrected chi connectivity index (χ4v) is 10.7. The lowest BCUT2D eigenvalue weighted by atomic mass is 9.82. The normalized spacial score (nSPS) is 23.6. The molecule has 2 nitrogen and oxygen atoms in total. The second-order valence-corrected chi connectivity index (χ2v) is 15.5. The Morgan fingerprint density at radius 2 is 0.875 bits per heavy atom. The van der Waals surface area contributed by atoms with Gasteiger partial charge in [-0.15, -0.1) is 0 Å². The van der Waals surface area contributed by atoms with Crippen molar-refractivity contribution in [3.8, 4) is 11.5 Å². The average Bonchev–Trinajstić information content (AvgIpc) is 2.96. The summed E-state index contributed by atoms with van der Waals surface area (Å²) >= 11 is 4.17. The Labute approximate surface area is 252 Å². The van der Waals surface area contributed by atoms with Crippen LogP contribution in [-0.4, -0.2) is 20.7 Å². The minimum Gasteiger partial charge on any atom is -0.507 e. The van der Waals surface area contributed by atoms with Crippen LogP contribution in [0.1, 0.15) is 148 Å². The van der Waals surface area contributed by atoms with E-state index in [0.29, 0.717) is 33.8 Å². The molecule has 2 aromatic rings. The van der Waals surface area contributed by atoms with Gasteiger partial charge in [-0.3, -0.25) is 0 Å². The summed E-state index contributed by atoms with van der Waals surface area (Å²) in [6.45, 7) is 4.40. The maximum atomic E-state index is 11.4. The van der Waals surface area contributed by atoms with Crippen LogP contribution in [0.4, 0.5) is 0 Å². The first-order chi connectivity index (χ1) is 19.5. The van der Waals surface area contributed by atoms with E-state index in [2.05, 4.69) is 61.6 Å². The van der Waals surface area contributed by atoms with Crippen molar-refractivity contribution < 1.29 is 10.2 Å². The zero-order valence-electron chi connectivity index (χ0n) is 25.1. The molecule has 4 heteroatoms. The summed E-state index contributed by atoms with van der Waals surface area (Å²) < 4.78 is 0. The highest BCUT2D eigenvalue weighted by Crippen LogP contribution is 2.44. The molecule has 40 heavy (non-hydrogen) atoms. The second kappa shape index (κ2) is 14.8. The van der Waals surface area contributed by atoms with Gasteiger partial charge in [-0.2, -0.15) is 23.5 Å². The average molecular weight is 581 g/mol. The van der Waals surface area contributed by atoms with Crippen LogP contribution in [0.2, 0.25) is 0 Å². The Morgan fingerprint density at radius 1 is 0.525 bits per heavy atom. The number of aromatic hydroxyl groups is 2. The molecule has 0 spiro atoms. The van der Waals surface area contributed by atoms with Gasteiger partial charge in [0, 0.05) is 33.1 Å². The molecule has 0 bridgehead atoms. The molecule has 3 saturated carbocycles. The van der Waals surface area contributed by atoms with E-state index in [1.54, 1.807) is 0 Å². The molecule has 0 saturated heterocycles. The molecule has 2 N–H and O–H groups in total. The first-order valence-electron chi connectivity index (χ1n) is 16.4. The summed E-state index contributed by atoms with van der Waals surface area (Å²) in [6, 6.07) is 8.97. The van der Waals surface area contributed by atoms with Crippen LogP contribution in [0.5, 0.6) is 11.5 Å². The maximum Gasteiger partial charge on any atom is 0.123 e. The van der Waals surface area contributed by atoms with Gasteiger partial charge in [0.15, 0.2) is 0 Å². The predicted molar refractivity (Wildman–Crippen MR) is 175 cm³/mol. The molecule has 0 aliphatic heterocycles. The summed E-state index contributed by atoms with van der Waals surface area (Å²) in [7, 11) is 0. The number of phenolic OH excluding ortho intramolecular Hbond substituents is 2. The van der Waals surface area contributed by atoms with Gasteiger partial charge < -0.3 is 10.2 Å². The third-order valence-electron chi connectivity index (χ3n) is 9.86. The number of hydrogen-bond donors (Lipinski definition) is 2. The van der Waals surface area contributed by atoms with Gasteiger partial charge in [-0.25, -0.2) is 0 Å². The number of hydrogen-bond acceptors (Lipinski definition) is 4. The highest BCUT2D eigenvalue weighted by atomic mass is 32.2. The molecule has 3 aliphatic carbocycles. The van der Waals surface area contributed by atoms with E-state index in [9.17, 15) is 10.2 Å². The van der Waals surface area contributed by atoms with Crippen molar-refractivity contribution in [1.29, 1.82) is 0 Å². The number of benzene rings is 2. The van der Waals surface area contributed by atoms with Crippen LogP contribution in [0.3, 0.4) is 0 Å². The van der Waals surface area contributed by atoms with Crippen LogP contribution in [0, 0.1) is 13.8 Å². The molecule has 0 unspecified atom stereocenters. The minimum atomic E-state index is 0.530. The zero-order chi connectivity index (χ0) is 27.9. The SMILES string of the molecule is Cc1cc(CS[C@H]2CCCCCC[C@@H]2SCc2cc(C)cc(C3CCCCC3)c2O)c(O)c(C2CCCCC2)c1. The number of rotatable bonds is 8. The van der Waals surface area contributed by atoms with E-state index in [0.717, 1.165) is 22.6 Å². The highest BCUT2D eigenvalue weighted by molar-refractivity contribution is 8.03. The van der Waals surface area contributed by atoms with E-state index < -0.39 is 0 Å². The van der Waals surface area contributed by atoms with Gasteiger partial charge in [0.05, 0.1) is 0 Å². The predicted octanol–water partition coefficient (Wildman–Crippen LogP) is 11.1. The summed E-state index contributed by atoms with van der Waals surface area (Å²) in [4.78, 5) is 0. The Kier molecular flexibility index (Phi) is 11.1. The first-order valence-corrected chi connectivity index (χ1v) is 18.5. The Balaban J connectivity index is 1.28. The van der Waals surface area contributed by atoms with Crippen LogP contribution >= 0.6 is 23.5 Å². The lowest BCUT2D eigenvalue weighted by molar-refractivity contribution is 0.412.